The molecule has 0 aliphatic rings. The van der Waals surface area contributed by atoms with Crippen molar-refractivity contribution < 1.29 is 4.74 Å². The van der Waals surface area contributed by atoms with Crippen molar-refractivity contribution >= 4 is 23.2 Å². The average Bonchev–Trinajstić information content (AvgIpc) is 2.48. The summed E-state index contributed by atoms with van der Waals surface area (Å²) in [5.41, 5.74) is 3.60. The molecule has 106 valence electrons. The van der Waals surface area contributed by atoms with Crippen LogP contribution in [0.3, 0.4) is 0 Å². The maximum Gasteiger partial charge on any atom is 0.205 e. The van der Waals surface area contributed by atoms with Gasteiger partial charge < -0.3 is 15.1 Å². The molecule has 1 aromatic carbocycles. The highest BCUT2D eigenvalue weighted by Gasteiger charge is 2.15. The van der Waals surface area contributed by atoms with Gasteiger partial charge in [-0.2, -0.15) is 0 Å². The SMILES string of the molecule is COc1c(NN)ncnc1N(C)Cc1ccc(Cl)cc1. The minimum atomic E-state index is 0.445. The molecule has 7 heteroatoms. The third kappa shape index (κ3) is 3.09. The third-order valence-electron chi connectivity index (χ3n) is 2.82. The standard InChI is InChI=1S/C13H16ClN5O/c1-19(7-9-3-5-10(14)6-4-9)13-11(20-2)12(18-15)16-8-17-13/h3-6,8H,7,15H2,1-2H3,(H,16,17,18). The molecule has 20 heavy (non-hydrogen) atoms. The molecule has 0 aliphatic heterocycles. The van der Waals surface area contributed by atoms with Crippen molar-refractivity contribution in [2.24, 2.45) is 5.84 Å². The second kappa shape index (κ2) is 6.40. The normalized spacial score (nSPS) is 10.2. The first-order chi connectivity index (χ1) is 9.65. The van der Waals surface area contributed by atoms with Gasteiger partial charge in [-0.1, -0.05) is 23.7 Å². The van der Waals surface area contributed by atoms with Gasteiger partial charge in [0.25, 0.3) is 0 Å². The van der Waals surface area contributed by atoms with Crippen LogP contribution in [0.2, 0.25) is 5.02 Å². The molecule has 0 atom stereocenters. The molecule has 2 rings (SSSR count). The number of hydrogen-bond acceptors (Lipinski definition) is 6. The van der Waals surface area contributed by atoms with Crippen LogP contribution >= 0.6 is 11.6 Å². The van der Waals surface area contributed by atoms with Crippen molar-refractivity contribution in [3.8, 4) is 5.75 Å². The number of benzene rings is 1. The van der Waals surface area contributed by atoms with Crippen LogP contribution in [0.25, 0.3) is 0 Å². The Kier molecular flexibility index (Phi) is 4.60. The number of anilines is 2. The van der Waals surface area contributed by atoms with Gasteiger partial charge in [-0.05, 0) is 17.7 Å². The Balaban J connectivity index is 2.24. The predicted octanol–water partition coefficient (Wildman–Crippen LogP) is 2.06. The van der Waals surface area contributed by atoms with E-state index in [4.69, 9.17) is 22.2 Å². The molecule has 0 saturated carbocycles. The number of halogens is 1. The number of nitrogen functional groups attached to an aromatic ring is 1. The minimum absolute atomic E-state index is 0.445. The van der Waals surface area contributed by atoms with Crippen LogP contribution in [0.5, 0.6) is 5.75 Å². The molecule has 0 spiro atoms. The van der Waals surface area contributed by atoms with E-state index in [0.717, 1.165) is 5.56 Å². The molecule has 2 aromatic rings. The van der Waals surface area contributed by atoms with E-state index in [0.29, 0.717) is 29.0 Å². The molecular weight excluding hydrogens is 278 g/mol. The average molecular weight is 294 g/mol. The first-order valence-electron chi connectivity index (χ1n) is 5.97. The molecule has 1 aromatic heterocycles. The van der Waals surface area contributed by atoms with E-state index in [1.807, 2.05) is 36.2 Å². The molecule has 0 unspecified atom stereocenters. The van der Waals surface area contributed by atoms with E-state index in [9.17, 15) is 0 Å². The van der Waals surface area contributed by atoms with E-state index in [1.165, 1.54) is 6.33 Å². The summed E-state index contributed by atoms with van der Waals surface area (Å²) in [6.07, 6.45) is 1.44. The van der Waals surface area contributed by atoms with Gasteiger partial charge in [0.2, 0.25) is 5.75 Å². The van der Waals surface area contributed by atoms with Crippen LogP contribution < -0.4 is 20.9 Å². The number of aromatic nitrogens is 2. The summed E-state index contributed by atoms with van der Waals surface area (Å²) in [5.74, 6) is 7.02. The lowest BCUT2D eigenvalue weighted by Crippen LogP contribution is -2.20. The Labute approximate surface area is 122 Å². The number of nitrogens with two attached hydrogens (primary N) is 1. The number of hydrazine groups is 1. The smallest absolute Gasteiger partial charge is 0.205 e. The fraction of sp³-hybridized carbons (Fsp3) is 0.231. The quantitative estimate of drug-likeness (QED) is 0.649. The van der Waals surface area contributed by atoms with Gasteiger partial charge in [0.1, 0.15) is 6.33 Å². The molecule has 0 amide bonds. The lowest BCUT2D eigenvalue weighted by molar-refractivity contribution is 0.412. The Morgan fingerprint density at radius 1 is 1.30 bits per heavy atom. The number of rotatable bonds is 5. The zero-order valence-electron chi connectivity index (χ0n) is 11.3. The largest absolute Gasteiger partial charge is 0.490 e. The number of methoxy groups -OCH3 is 1. The van der Waals surface area contributed by atoms with E-state index in [2.05, 4.69) is 15.4 Å². The fourth-order valence-corrected chi connectivity index (χ4v) is 1.99. The molecule has 0 fully saturated rings. The van der Waals surface area contributed by atoms with Gasteiger partial charge in [-0.3, -0.25) is 0 Å². The van der Waals surface area contributed by atoms with Crippen LogP contribution in [0.15, 0.2) is 30.6 Å². The van der Waals surface area contributed by atoms with Crippen molar-refractivity contribution in [3.05, 3.63) is 41.2 Å². The highest BCUT2D eigenvalue weighted by atomic mass is 35.5. The topological polar surface area (TPSA) is 76.3 Å². The number of hydrogen-bond donors (Lipinski definition) is 2. The van der Waals surface area contributed by atoms with Gasteiger partial charge in [0, 0.05) is 18.6 Å². The van der Waals surface area contributed by atoms with Crippen LogP contribution in [-0.4, -0.2) is 24.1 Å². The van der Waals surface area contributed by atoms with Crippen molar-refractivity contribution in [2.45, 2.75) is 6.54 Å². The molecule has 0 radical (unpaired) electrons. The van der Waals surface area contributed by atoms with Gasteiger partial charge in [-0.15, -0.1) is 0 Å². The summed E-state index contributed by atoms with van der Waals surface area (Å²) in [7, 11) is 3.47. The minimum Gasteiger partial charge on any atom is -0.490 e. The first kappa shape index (κ1) is 14.4. The van der Waals surface area contributed by atoms with Gasteiger partial charge in [-0.25, -0.2) is 15.8 Å². The summed E-state index contributed by atoms with van der Waals surface area (Å²) >= 11 is 5.88. The lowest BCUT2D eigenvalue weighted by atomic mass is 10.2. The summed E-state index contributed by atoms with van der Waals surface area (Å²) in [4.78, 5) is 10.2. The fourth-order valence-electron chi connectivity index (χ4n) is 1.87. The lowest BCUT2D eigenvalue weighted by Gasteiger charge is -2.21. The Hall–Kier alpha value is -2.05. The predicted molar refractivity (Wildman–Crippen MR) is 80.0 cm³/mol. The molecule has 1 heterocycles. The highest BCUT2D eigenvalue weighted by molar-refractivity contribution is 6.30. The number of nitrogens with one attached hydrogen (secondary N) is 1. The second-order valence-electron chi connectivity index (χ2n) is 4.21. The highest BCUT2D eigenvalue weighted by Crippen LogP contribution is 2.31. The zero-order valence-corrected chi connectivity index (χ0v) is 12.1. The first-order valence-corrected chi connectivity index (χ1v) is 6.34. The molecular formula is C13H16ClN5O. The summed E-state index contributed by atoms with van der Waals surface area (Å²) in [5, 5.41) is 0.714. The Morgan fingerprint density at radius 3 is 2.60 bits per heavy atom. The van der Waals surface area contributed by atoms with Crippen molar-refractivity contribution in [3.63, 3.8) is 0 Å². The number of nitrogens with zero attached hydrogens (tertiary/aromatic N) is 3. The van der Waals surface area contributed by atoms with Crippen LogP contribution in [0.4, 0.5) is 11.6 Å². The van der Waals surface area contributed by atoms with Crippen LogP contribution in [-0.2, 0) is 6.54 Å². The van der Waals surface area contributed by atoms with Crippen LogP contribution in [0.1, 0.15) is 5.56 Å². The van der Waals surface area contributed by atoms with Crippen LogP contribution in [0, 0.1) is 0 Å². The third-order valence-corrected chi connectivity index (χ3v) is 3.07. The maximum atomic E-state index is 5.88. The van der Waals surface area contributed by atoms with E-state index < -0.39 is 0 Å². The zero-order chi connectivity index (χ0) is 14.5. The van der Waals surface area contributed by atoms with Crippen molar-refractivity contribution in [2.75, 3.05) is 24.5 Å². The molecule has 0 saturated heterocycles. The Bertz CT molecular complexity index is 575. The van der Waals surface area contributed by atoms with Gasteiger partial charge >= 0.3 is 0 Å². The second-order valence-corrected chi connectivity index (χ2v) is 4.64. The van der Waals surface area contributed by atoms with Gasteiger partial charge in [0.15, 0.2) is 11.6 Å². The summed E-state index contributed by atoms with van der Waals surface area (Å²) in [6, 6.07) is 7.65. The molecule has 3 N–H and O–H groups in total. The Morgan fingerprint density at radius 2 is 2.00 bits per heavy atom. The maximum absolute atomic E-state index is 5.88. The van der Waals surface area contributed by atoms with Gasteiger partial charge in [0.05, 0.1) is 7.11 Å². The summed E-state index contributed by atoms with van der Waals surface area (Å²) < 4.78 is 5.32. The molecule has 6 nitrogen and oxygen atoms in total. The van der Waals surface area contributed by atoms with E-state index >= 15 is 0 Å². The van der Waals surface area contributed by atoms with Crippen molar-refractivity contribution in [1.82, 2.24) is 9.97 Å². The van der Waals surface area contributed by atoms with E-state index in [1.54, 1.807) is 7.11 Å². The summed E-state index contributed by atoms with van der Waals surface area (Å²) in [6.45, 7) is 0.661. The molecule has 0 bridgehead atoms. The molecule has 0 aliphatic carbocycles. The van der Waals surface area contributed by atoms with Crippen molar-refractivity contribution in [1.29, 1.82) is 0 Å². The van der Waals surface area contributed by atoms with E-state index in [-0.39, 0.29) is 0 Å². The number of ether oxygens (including phenoxy) is 1. The monoisotopic (exact) mass is 293 g/mol.